The molecule has 114 valence electrons. The van der Waals surface area contributed by atoms with E-state index in [1.54, 1.807) is 36.7 Å². The molecular weight excluding hydrogens is 280 g/mol. The average molecular weight is 298 g/mol. The maximum atomic E-state index is 10.9. The monoisotopic (exact) mass is 298 g/mol. The van der Waals surface area contributed by atoms with Crippen molar-refractivity contribution in [2.24, 2.45) is 0 Å². The summed E-state index contributed by atoms with van der Waals surface area (Å²) in [5.41, 5.74) is 2.20. The Morgan fingerprint density at radius 2 is 2.05 bits per heavy atom. The van der Waals surface area contributed by atoms with Crippen LogP contribution in [0.2, 0.25) is 0 Å². The van der Waals surface area contributed by atoms with Crippen LogP contribution in [-0.2, 0) is 0 Å². The molecule has 0 unspecified atom stereocenters. The van der Waals surface area contributed by atoms with E-state index in [0.29, 0.717) is 12.4 Å². The Morgan fingerprint density at radius 1 is 1.32 bits per heavy atom. The molecule has 5 nitrogen and oxygen atoms in total. The number of hydrogen-bond acceptors (Lipinski definition) is 4. The Labute approximate surface area is 129 Å². The van der Waals surface area contributed by atoms with E-state index in [2.05, 4.69) is 10.3 Å². The van der Waals surface area contributed by atoms with E-state index in [-0.39, 0.29) is 11.1 Å². The highest BCUT2D eigenvalue weighted by atomic mass is 16.5. The van der Waals surface area contributed by atoms with Gasteiger partial charge >= 0.3 is 5.97 Å². The molecule has 1 heterocycles. The number of pyridine rings is 1. The van der Waals surface area contributed by atoms with Gasteiger partial charge in [-0.3, -0.25) is 4.98 Å². The summed E-state index contributed by atoms with van der Waals surface area (Å²) in [6.07, 6.45) is 5.64. The topological polar surface area (TPSA) is 71.5 Å². The van der Waals surface area contributed by atoms with Crippen molar-refractivity contribution in [2.75, 3.05) is 13.7 Å². The molecule has 0 aliphatic heterocycles. The zero-order valence-electron chi connectivity index (χ0n) is 12.4. The molecule has 22 heavy (non-hydrogen) atoms. The first-order valence-corrected chi connectivity index (χ1v) is 7.23. The molecule has 5 heteroatoms. The Hall–Kier alpha value is -2.40. The van der Waals surface area contributed by atoms with Crippen LogP contribution in [0.4, 0.5) is 0 Å². The fourth-order valence-electron chi connectivity index (χ4n) is 2.36. The molecule has 3 rings (SSSR count). The van der Waals surface area contributed by atoms with Crippen LogP contribution in [0.25, 0.3) is 11.1 Å². The smallest absolute Gasteiger partial charge is 0.335 e. The van der Waals surface area contributed by atoms with E-state index in [1.165, 1.54) is 0 Å². The van der Waals surface area contributed by atoms with Crippen LogP contribution >= 0.6 is 0 Å². The average Bonchev–Trinajstić information content (AvgIpc) is 3.34. The van der Waals surface area contributed by atoms with Gasteiger partial charge in [0.2, 0.25) is 0 Å². The predicted molar refractivity (Wildman–Crippen MR) is 83.2 cm³/mol. The number of carboxylic acid groups (broad SMARTS) is 1. The quantitative estimate of drug-likeness (QED) is 0.857. The summed E-state index contributed by atoms with van der Waals surface area (Å²) in [7, 11) is 1.95. The van der Waals surface area contributed by atoms with Gasteiger partial charge in [0, 0.05) is 11.8 Å². The molecule has 1 aliphatic carbocycles. The van der Waals surface area contributed by atoms with Crippen molar-refractivity contribution in [1.82, 2.24) is 10.3 Å². The minimum absolute atomic E-state index is 0.0975. The molecule has 0 atom stereocenters. The Kier molecular flexibility index (Phi) is 3.81. The minimum Gasteiger partial charge on any atom is -0.489 e. The first-order chi connectivity index (χ1) is 10.6. The molecule has 0 bridgehead atoms. The molecule has 1 aromatic heterocycles. The standard InChI is InChI=1S/C17H18N2O3/c1-18-17(7-8-17)11-22-15-10-19-9-6-14(15)12-2-4-13(5-3-12)16(20)21/h2-6,9-10,18H,7-8,11H2,1H3,(H,20,21). The van der Waals surface area contributed by atoms with Gasteiger partial charge in [-0.15, -0.1) is 0 Å². The van der Waals surface area contributed by atoms with Crippen LogP contribution in [0.3, 0.4) is 0 Å². The number of nitrogens with one attached hydrogen (secondary N) is 1. The SMILES string of the molecule is CNC1(COc2cnccc2-c2ccc(C(=O)O)cc2)CC1. The zero-order chi connectivity index (χ0) is 15.6. The summed E-state index contributed by atoms with van der Waals surface area (Å²) < 4.78 is 5.95. The van der Waals surface area contributed by atoms with Gasteiger partial charge in [0.15, 0.2) is 0 Å². The van der Waals surface area contributed by atoms with Crippen molar-refractivity contribution >= 4 is 5.97 Å². The zero-order valence-corrected chi connectivity index (χ0v) is 12.4. The molecule has 0 amide bonds. The van der Waals surface area contributed by atoms with Crippen molar-refractivity contribution in [1.29, 1.82) is 0 Å². The Balaban J connectivity index is 1.82. The molecule has 2 N–H and O–H groups in total. The number of aromatic nitrogens is 1. The molecule has 1 aliphatic rings. The highest BCUT2D eigenvalue weighted by Crippen LogP contribution is 2.37. The molecule has 1 aromatic carbocycles. The molecule has 0 radical (unpaired) electrons. The van der Waals surface area contributed by atoms with Crippen LogP contribution in [0, 0.1) is 0 Å². The van der Waals surface area contributed by atoms with Gasteiger partial charge in [-0.05, 0) is 43.7 Å². The number of hydrogen-bond donors (Lipinski definition) is 2. The van der Waals surface area contributed by atoms with Gasteiger partial charge in [0.1, 0.15) is 12.4 Å². The van der Waals surface area contributed by atoms with E-state index >= 15 is 0 Å². The van der Waals surface area contributed by atoms with Crippen molar-refractivity contribution in [3.63, 3.8) is 0 Å². The van der Waals surface area contributed by atoms with E-state index < -0.39 is 5.97 Å². The lowest BCUT2D eigenvalue weighted by molar-refractivity contribution is 0.0697. The lowest BCUT2D eigenvalue weighted by atomic mass is 10.0. The molecule has 1 saturated carbocycles. The molecule has 2 aromatic rings. The number of aromatic carboxylic acids is 1. The van der Waals surface area contributed by atoms with E-state index in [4.69, 9.17) is 9.84 Å². The third-order valence-corrected chi connectivity index (χ3v) is 4.12. The number of nitrogens with zero attached hydrogens (tertiary/aromatic N) is 1. The molecular formula is C17H18N2O3. The lowest BCUT2D eigenvalue weighted by Gasteiger charge is -2.17. The van der Waals surface area contributed by atoms with Crippen LogP contribution in [0.1, 0.15) is 23.2 Å². The normalized spacial score (nSPS) is 15.3. The van der Waals surface area contributed by atoms with E-state index in [9.17, 15) is 4.79 Å². The lowest BCUT2D eigenvalue weighted by Crippen LogP contribution is -2.33. The summed E-state index contributed by atoms with van der Waals surface area (Å²) in [5, 5.41) is 12.3. The second kappa shape index (κ2) is 5.77. The second-order valence-corrected chi connectivity index (χ2v) is 5.57. The third kappa shape index (κ3) is 2.94. The van der Waals surface area contributed by atoms with Crippen molar-refractivity contribution in [3.8, 4) is 16.9 Å². The largest absolute Gasteiger partial charge is 0.489 e. The van der Waals surface area contributed by atoms with Gasteiger partial charge in [-0.1, -0.05) is 12.1 Å². The molecule has 0 spiro atoms. The summed E-state index contributed by atoms with van der Waals surface area (Å²) in [6, 6.07) is 8.65. The number of carboxylic acids is 1. The Morgan fingerprint density at radius 3 is 2.64 bits per heavy atom. The molecule has 0 saturated heterocycles. The van der Waals surface area contributed by atoms with Gasteiger partial charge in [-0.2, -0.15) is 0 Å². The third-order valence-electron chi connectivity index (χ3n) is 4.12. The summed E-state index contributed by atoms with van der Waals surface area (Å²) in [4.78, 5) is 15.1. The van der Waals surface area contributed by atoms with Crippen LogP contribution in [-0.4, -0.2) is 35.3 Å². The fourth-order valence-corrected chi connectivity index (χ4v) is 2.36. The summed E-state index contributed by atoms with van der Waals surface area (Å²) in [5.74, 6) is -0.213. The first-order valence-electron chi connectivity index (χ1n) is 7.23. The summed E-state index contributed by atoms with van der Waals surface area (Å²) in [6.45, 7) is 0.607. The van der Waals surface area contributed by atoms with Crippen LogP contribution < -0.4 is 10.1 Å². The number of likely N-dealkylation sites (N-methyl/N-ethyl adjacent to an activating group) is 1. The predicted octanol–water partition coefficient (Wildman–Crippen LogP) is 2.58. The minimum atomic E-state index is -0.928. The van der Waals surface area contributed by atoms with E-state index in [0.717, 1.165) is 24.0 Å². The van der Waals surface area contributed by atoms with Crippen LogP contribution in [0.5, 0.6) is 5.75 Å². The van der Waals surface area contributed by atoms with E-state index in [1.807, 2.05) is 13.1 Å². The second-order valence-electron chi connectivity index (χ2n) is 5.57. The Bertz CT molecular complexity index is 679. The molecule has 1 fully saturated rings. The highest BCUT2D eigenvalue weighted by Gasteiger charge is 2.42. The number of benzene rings is 1. The highest BCUT2D eigenvalue weighted by molar-refractivity contribution is 5.88. The van der Waals surface area contributed by atoms with Crippen molar-refractivity contribution in [3.05, 3.63) is 48.3 Å². The fraction of sp³-hybridized carbons (Fsp3) is 0.294. The van der Waals surface area contributed by atoms with Crippen molar-refractivity contribution in [2.45, 2.75) is 18.4 Å². The van der Waals surface area contributed by atoms with Gasteiger partial charge in [0.25, 0.3) is 0 Å². The van der Waals surface area contributed by atoms with Gasteiger partial charge in [-0.25, -0.2) is 4.79 Å². The number of ether oxygens (including phenoxy) is 1. The number of carbonyl (C=O) groups is 1. The first kappa shape index (κ1) is 14.5. The van der Waals surface area contributed by atoms with Crippen LogP contribution in [0.15, 0.2) is 42.7 Å². The number of rotatable bonds is 6. The van der Waals surface area contributed by atoms with Gasteiger partial charge < -0.3 is 15.2 Å². The van der Waals surface area contributed by atoms with Gasteiger partial charge in [0.05, 0.1) is 17.3 Å². The maximum Gasteiger partial charge on any atom is 0.335 e. The summed E-state index contributed by atoms with van der Waals surface area (Å²) >= 11 is 0. The maximum absolute atomic E-state index is 10.9. The van der Waals surface area contributed by atoms with Crippen molar-refractivity contribution < 1.29 is 14.6 Å².